The molecular formula is C15H16N2O2. The molecule has 1 aliphatic rings. The normalized spacial score (nSPS) is 23.5. The lowest BCUT2D eigenvalue weighted by molar-refractivity contribution is -0.132. The van der Waals surface area contributed by atoms with Crippen LogP contribution in [0.5, 0.6) is 0 Å². The second-order valence-electron chi connectivity index (χ2n) is 4.86. The van der Waals surface area contributed by atoms with Crippen LogP contribution in [0.15, 0.2) is 41.6 Å². The largest absolute Gasteiger partial charge is 0.477 e. The van der Waals surface area contributed by atoms with E-state index in [1.165, 1.54) is 5.56 Å². The Labute approximate surface area is 112 Å². The quantitative estimate of drug-likeness (QED) is 0.642. The number of allylic oxidation sites excluding steroid dienone is 1. The van der Waals surface area contributed by atoms with Crippen LogP contribution in [0.4, 0.5) is 0 Å². The molecule has 2 atom stereocenters. The topological polar surface area (TPSA) is 87.1 Å². The third-order valence-corrected chi connectivity index (χ3v) is 3.76. The van der Waals surface area contributed by atoms with Crippen molar-refractivity contribution in [3.05, 3.63) is 47.2 Å². The third-order valence-electron chi connectivity index (χ3n) is 3.76. The first-order chi connectivity index (χ1) is 9.13. The van der Waals surface area contributed by atoms with Gasteiger partial charge in [-0.3, -0.25) is 0 Å². The molecule has 1 fully saturated rings. The number of carbonyl (C=O) groups is 1. The summed E-state index contributed by atoms with van der Waals surface area (Å²) in [5.41, 5.74) is 7.03. The fraction of sp³-hybridized carbons (Fsp3) is 0.333. The number of carboxylic acids is 1. The molecule has 1 aromatic rings. The minimum atomic E-state index is -1.23. The molecule has 19 heavy (non-hydrogen) atoms. The van der Waals surface area contributed by atoms with Crippen molar-refractivity contribution in [1.29, 1.82) is 5.26 Å². The average Bonchev–Trinajstić information content (AvgIpc) is 2.89. The fourth-order valence-corrected chi connectivity index (χ4v) is 2.73. The number of hydrogen-bond donors (Lipinski definition) is 2. The van der Waals surface area contributed by atoms with Gasteiger partial charge in [0, 0.05) is 11.6 Å². The first-order valence-corrected chi connectivity index (χ1v) is 6.31. The SMILES string of the molecule is N#CC(C(=O)O)=C(N)C1CCC(c2ccccc2)C1. The van der Waals surface area contributed by atoms with E-state index >= 15 is 0 Å². The summed E-state index contributed by atoms with van der Waals surface area (Å²) in [6.45, 7) is 0. The molecule has 2 rings (SSSR count). The number of nitrogens with two attached hydrogens (primary N) is 1. The van der Waals surface area contributed by atoms with E-state index in [0.717, 1.165) is 19.3 Å². The lowest BCUT2D eigenvalue weighted by Crippen LogP contribution is -2.16. The highest BCUT2D eigenvalue weighted by Gasteiger charge is 2.30. The van der Waals surface area contributed by atoms with Gasteiger partial charge in [0.1, 0.15) is 6.07 Å². The highest BCUT2D eigenvalue weighted by atomic mass is 16.4. The molecule has 0 radical (unpaired) electrons. The van der Waals surface area contributed by atoms with Gasteiger partial charge in [-0.2, -0.15) is 5.26 Å². The molecule has 1 aliphatic carbocycles. The molecule has 2 unspecified atom stereocenters. The summed E-state index contributed by atoms with van der Waals surface area (Å²) >= 11 is 0. The Balaban J connectivity index is 2.15. The van der Waals surface area contributed by atoms with Gasteiger partial charge in [0.05, 0.1) is 0 Å². The van der Waals surface area contributed by atoms with E-state index in [-0.39, 0.29) is 17.2 Å². The molecule has 0 bridgehead atoms. The van der Waals surface area contributed by atoms with Gasteiger partial charge in [-0.25, -0.2) is 4.79 Å². The van der Waals surface area contributed by atoms with Crippen molar-refractivity contribution in [1.82, 2.24) is 0 Å². The predicted molar refractivity (Wildman–Crippen MR) is 71.0 cm³/mol. The Bertz CT molecular complexity index is 543. The summed E-state index contributed by atoms with van der Waals surface area (Å²) in [5.74, 6) is -0.836. The van der Waals surface area contributed by atoms with Crippen molar-refractivity contribution in [3.63, 3.8) is 0 Å². The molecule has 0 saturated heterocycles. The Morgan fingerprint density at radius 3 is 2.58 bits per heavy atom. The van der Waals surface area contributed by atoms with E-state index in [0.29, 0.717) is 5.92 Å². The molecular weight excluding hydrogens is 240 g/mol. The van der Waals surface area contributed by atoms with Crippen LogP contribution in [-0.2, 0) is 4.79 Å². The average molecular weight is 256 g/mol. The highest BCUT2D eigenvalue weighted by molar-refractivity contribution is 5.91. The maximum absolute atomic E-state index is 10.9. The number of hydrogen-bond acceptors (Lipinski definition) is 3. The second kappa shape index (κ2) is 5.57. The molecule has 1 saturated carbocycles. The predicted octanol–water partition coefficient (Wildman–Crippen LogP) is 2.39. The van der Waals surface area contributed by atoms with Crippen LogP contribution in [-0.4, -0.2) is 11.1 Å². The van der Waals surface area contributed by atoms with Crippen LogP contribution >= 0.6 is 0 Å². The third kappa shape index (κ3) is 2.76. The Hall–Kier alpha value is -2.28. The van der Waals surface area contributed by atoms with E-state index in [9.17, 15) is 4.79 Å². The molecule has 0 spiro atoms. The number of carboxylic acid groups (broad SMARTS) is 1. The lowest BCUT2D eigenvalue weighted by Gasteiger charge is -2.12. The van der Waals surface area contributed by atoms with Crippen LogP contribution < -0.4 is 5.73 Å². The molecule has 0 amide bonds. The summed E-state index contributed by atoms with van der Waals surface area (Å²) in [4.78, 5) is 10.9. The smallest absolute Gasteiger partial charge is 0.348 e. The highest BCUT2D eigenvalue weighted by Crippen LogP contribution is 2.40. The standard InChI is InChI=1S/C15H16N2O2/c16-9-13(15(18)19)14(17)12-7-6-11(8-12)10-4-2-1-3-5-10/h1-5,11-12H,6-8,17H2,(H,18,19). The minimum absolute atomic E-state index is 0.00374. The Morgan fingerprint density at radius 2 is 2.00 bits per heavy atom. The first-order valence-electron chi connectivity index (χ1n) is 6.31. The summed E-state index contributed by atoms with van der Waals surface area (Å²) in [7, 11) is 0. The molecule has 0 aromatic heterocycles. The van der Waals surface area contributed by atoms with Gasteiger partial charge in [0.25, 0.3) is 0 Å². The summed E-state index contributed by atoms with van der Waals surface area (Å²) < 4.78 is 0. The summed E-state index contributed by atoms with van der Waals surface area (Å²) in [6, 6.07) is 11.8. The van der Waals surface area contributed by atoms with Crippen molar-refractivity contribution in [2.45, 2.75) is 25.2 Å². The molecule has 4 heteroatoms. The van der Waals surface area contributed by atoms with E-state index < -0.39 is 5.97 Å². The Morgan fingerprint density at radius 1 is 1.32 bits per heavy atom. The van der Waals surface area contributed by atoms with Crippen LogP contribution in [0, 0.1) is 17.2 Å². The second-order valence-corrected chi connectivity index (χ2v) is 4.86. The van der Waals surface area contributed by atoms with Crippen LogP contribution in [0.3, 0.4) is 0 Å². The molecule has 1 aromatic carbocycles. The molecule has 3 N–H and O–H groups in total. The van der Waals surface area contributed by atoms with Gasteiger partial charge in [-0.1, -0.05) is 30.3 Å². The van der Waals surface area contributed by atoms with Crippen molar-refractivity contribution < 1.29 is 9.90 Å². The lowest BCUT2D eigenvalue weighted by atomic mass is 9.94. The Kier molecular flexibility index (Phi) is 3.86. The maximum Gasteiger partial charge on any atom is 0.348 e. The van der Waals surface area contributed by atoms with Crippen LogP contribution in [0.1, 0.15) is 30.7 Å². The summed E-state index contributed by atoms with van der Waals surface area (Å²) in [5, 5.41) is 17.8. The van der Waals surface area contributed by atoms with E-state index in [2.05, 4.69) is 12.1 Å². The number of aliphatic carboxylic acids is 1. The number of nitriles is 1. The van der Waals surface area contributed by atoms with Crippen molar-refractivity contribution >= 4 is 5.97 Å². The van der Waals surface area contributed by atoms with E-state index in [4.69, 9.17) is 16.1 Å². The minimum Gasteiger partial charge on any atom is -0.477 e. The van der Waals surface area contributed by atoms with Gasteiger partial charge >= 0.3 is 5.97 Å². The molecule has 0 heterocycles. The summed E-state index contributed by atoms with van der Waals surface area (Å²) in [6.07, 6.45) is 2.63. The maximum atomic E-state index is 10.9. The first kappa shape index (κ1) is 13.2. The van der Waals surface area contributed by atoms with E-state index in [1.54, 1.807) is 6.07 Å². The van der Waals surface area contributed by atoms with E-state index in [1.807, 2.05) is 18.2 Å². The van der Waals surface area contributed by atoms with Crippen molar-refractivity contribution in [2.24, 2.45) is 11.7 Å². The zero-order valence-electron chi connectivity index (χ0n) is 10.5. The number of benzene rings is 1. The number of nitrogens with zero attached hydrogens (tertiary/aromatic N) is 1. The molecule has 0 aliphatic heterocycles. The van der Waals surface area contributed by atoms with Gasteiger partial charge in [-0.15, -0.1) is 0 Å². The van der Waals surface area contributed by atoms with Gasteiger partial charge in [0.15, 0.2) is 5.57 Å². The van der Waals surface area contributed by atoms with Gasteiger partial charge in [-0.05, 0) is 30.7 Å². The molecule has 98 valence electrons. The van der Waals surface area contributed by atoms with Gasteiger partial charge < -0.3 is 10.8 Å². The van der Waals surface area contributed by atoms with Crippen molar-refractivity contribution in [2.75, 3.05) is 0 Å². The van der Waals surface area contributed by atoms with Crippen molar-refractivity contribution in [3.8, 4) is 6.07 Å². The monoisotopic (exact) mass is 256 g/mol. The zero-order chi connectivity index (χ0) is 13.8. The van der Waals surface area contributed by atoms with Gasteiger partial charge in [0.2, 0.25) is 0 Å². The fourth-order valence-electron chi connectivity index (χ4n) is 2.73. The van der Waals surface area contributed by atoms with Crippen LogP contribution in [0.25, 0.3) is 0 Å². The van der Waals surface area contributed by atoms with Crippen LogP contribution in [0.2, 0.25) is 0 Å². The zero-order valence-corrected chi connectivity index (χ0v) is 10.5. The number of rotatable bonds is 3. The molecule has 4 nitrogen and oxygen atoms in total.